The molecule has 0 spiro atoms. The van der Waals surface area contributed by atoms with Crippen LogP contribution in [0.1, 0.15) is 23.1 Å². The standard InChI is InChI=1S/C17H17NS.HI/c1-12-8-9-17-15(11-12)13(6-4-10-18)14-5-2-3-7-16(14)19-17;/h2-3,5-9,11H,4,10,18H2,1H3;1H. The van der Waals surface area contributed by atoms with Crippen LogP contribution >= 0.6 is 35.7 Å². The zero-order valence-corrected chi connectivity index (χ0v) is 14.6. The Morgan fingerprint density at radius 1 is 1.05 bits per heavy atom. The van der Waals surface area contributed by atoms with Crippen LogP contribution in [0.3, 0.4) is 0 Å². The van der Waals surface area contributed by atoms with E-state index < -0.39 is 0 Å². The third kappa shape index (κ3) is 2.95. The van der Waals surface area contributed by atoms with Crippen LogP contribution in [0.25, 0.3) is 5.57 Å². The fourth-order valence-electron chi connectivity index (χ4n) is 2.43. The lowest BCUT2D eigenvalue weighted by Crippen LogP contribution is -2.01. The highest BCUT2D eigenvalue weighted by atomic mass is 127. The minimum absolute atomic E-state index is 0. The van der Waals surface area contributed by atoms with Gasteiger partial charge in [-0.05, 0) is 48.7 Å². The van der Waals surface area contributed by atoms with Gasteiger partial charge in [-0.1, -0.05) is 53.7 Å². The first kappa shape index (κ1) is 15.6. The van der Waals surface area contributed by atoms with E-state index in [0.717, 1.165) is 6.42 Å². The summed E-state index contributed by atoms with van der Waals surface area (Å²) in [6.07, 6.45) is 3.19. The van der Waals surface area contributed by atoms with E-state index in [-0.39, 0.29) is 24.0 Å². The molecule has 3 heteroatoms. The van der Waals surface area contributed by atoms with Gasteiger partial charge in [-0.25, -0.2) is 0 Å². The van der Waals surface area contributed by atoms with Crippen LogP contribution in [-0.2, 0) is 0 Å². The monoisotopic (exact) mass is 395 g/mol. The summed E-state index contributed by atoms with van der Waals surface area (Å²) in [6.45, 7) is 2.84. The molecule has 1 aliphatic rings. The first-order valence-corrected chi connectivity index (χ1v) is 7.40. The van der Waals surface area contributed by atoms with Crippen molar-refractivity contribution in [2.75, 3.05) is 6.54 Å². The highest BCUT2D eigenvalue weighted by molar-refractivity contribution is 14.0. The topological polar surface area (TPSA) is 26.0 Å². The molecule has 0 aliphatic carbocycles. The number of rotatable bonds is 2. The Balaban J connectivity index is 0.00000147. The molecule has 1 heterocycles. The molecule has 2 N–H and O–H groups in total. The Labute approximate surface area is 141 Å². The number of nitrogens with two attached hydrogens (primary N) is 1. The normalized spacial score (nSPS) is 14.4. The summed E-state index contributed by atoms with van der Waals surface area (Å²) in [6, 6.07) is 15.3. The van der Waals surface area contributed by atoms with Crippen molar-refractivity contribution < 1.29 is 0 Å². The first-order valence-electron chi connectivity index (χ1n) is 6.58. The third-order valence-corrected chi connectivity index (χ3v) is 4.49. The van der Waals surface area contributed by atoms with E-state index in [4.69, 9.17) is 5.73 Å². The Kier molecular flexibility index (Phi) is 5.29. The van der Waals surface area contributed by atoms with E-state index in [2.05, 4.69) is 55.5 Å². The molecule has 1 aliphatic heterocycles. The lowest BCUT2D eigenvalue weighted by Gasteiger charge is -2.22. The second-order valence-corrected chi connectivity index (χ2v) is 5.88. The quantitative estimate of drug-likeness (QED) is 0.628. The fraction of sp³-hybridized carbons (Fsp3) is 0.176. The molecular formula is C17H18INS. The summed E-state index contributed by atoms with van der Waals surface area (Å²) >= 11 is 1.86. The summed E-state index contributed by atoms with van der Waals surface area (Å²) < 4.78 is 0. The summed E-state index contributed by atoms with van der Waals surface area (Å²) in [5, 5.41) is 0. The SMILES string of the molecule is Cc1ccc2c(c1)C(=CCCN)c1ccccc1S2.I. The molecule has 0 unspecified atom stereocenters. The third-order valence-electron chi connectivity index (χ3n) is 3.34. The summed E-state index contributed by atoms with van der Waals surface area (Å²) in [5.41, 5.74) is 11.0. The highest BCUT2D eigenvalue weighted by Gasteiger charge is 2.19. The van der Waals surface area contributed by atoms with Crippen molar-refractivity contribution in [3.63, 3.8) is 0 Å². The van der Waals surface area contributed by atoms with Crippen molar-refractivity contribution in [3.8, 4) is 0 Å². The van der Waals surface area contributed by atoms with Gasteiger partial charge in [0.05, 0.1) is 0 Å². The molecule has 0 saturated heterocycles. The Morgan fingerprint density at radius 2 is 1.80 bits per heavy atom. The first-order chi connectivity index (χ1) is 9.29. The number of aryl methyl sites for hydroxylation is 1. The minimum atomic E-state index is 0. The van der Waals surface area contributed by atoms with Gasteiger partial charge in [0.15, 0.2) is 0 Å². The molecule has 0 radical (unpaired) electrons. The Bertz CT molecular complexity index is 649. The van der Waals surface area contributed by atoms with E-state index in [1.54, 1.807) is 0 Å². The molecule has 0 fully saturated rings. The summed E-state index contributed by atoms with van der Waals surface area (Å²) in [7, 11) is 0. The smallest absolute Gasteiger partial charge is 0.0201 e. The van der Waals surface area contributed by atoms with E-state index in [1.807, 2.05) is 11.8 Å². The number of benzene rings is 2. The van der Waals surface area contributed by atoms with Gasteiger partial charge < -0.3 is 5.73 Å². The maximum Gasteiger partial charge on any atom is 0.0201 e. The Hall–Kier alpha value is -0.780. The predicted molar refractivity (Wildman–Crippen MR) is 97.9 cm³/mol. The van der Waals surface area contributed by atoms with Crippen LogP contribution in [0, 0.1) is 6.92 Å². The maximum atomic E-state index is 5.67. The summed E-state index contributed by atoms with van der Waals surface area (Å²) in [5.74, 6) is 0. The van der Waals surface area contributed by atoms with Crippen LogP contribution in [0.4, 0.5) is 0 Å². The Morgan fingerprint density at radius 3 is 2.60 bits per heavy atom. The van der Waals surface area contributed by atoms with Gasteiger partial charge in [0.1, 0.15) is 0 Å². The van der Waals surface area contributed by atoms with Crippen molar-refractivity contribution in [3.05, 3.63) is 65.2 Å². The molecule has 0 aromatic heterocycles. The summed E-state index contributed by atoms with van der Waals surface area (Å²) in [4.78, 5) is 2.68. The van der Waals surface area contributed by atoms with Gasteiger partial charge in [-0.15, -0.1) is 24.0 Å². The zero-order chi connectivity index (χ0) is 13.2. The predicted octanol–water partition coefficient (Wildman–Crippen LogP) is 4.86. The van der Waals surface area contributed by atoms with Crippen molar-refractivity contribution in [2.45, 2.75) is 23.1 Å². The molecule has 104 valence electrons. The van der Waals surface area contributed by atoms with Crippen LogP contribution in [0.15, 0.2) is 58.3 Å². The average molecular weight is 395 g/mol. The van der Waals surface area contributed by atoms with Crippen molar-refractivity contribution in [2.24, 2.45) is 5.73 Å². The van der Waals surface area contributed by atoms with Crippen LogP contribution < -0.4 is 5.73 Å². The molecular weight excluding hydrogens is 377 g/mol. The van der Waals surface area contributed by atoms with Crippen LogP contribution in [0.5, 0.6) is 0 Å². The lowest BCUT2D eigenvalue weighted by atomic mass is 9.95. The fourth-order valence-corrected chi connectivity index (χ4v) is 3.52. The molecule has 1 nitrogen and oxygen atoms in total. The number of hydrogen-bond acceptors (Lipinski definition) is 2. The minimum Gasteiger partial charge on any atom is -0.330 e. The number of fused-ring (bicyclic) bond motifs is 2. The van der Waals surface area contributed by atoms with Gasteiger partial charge in [-0.2, -0.15) is 0 Å². The molecule has 0 atom stereocenters. The van der Waals surface area contributed by atoms with E-state index in [0.29, 0.717) is 6.54 Å². The van der Waals surface area contributed by atoms with E-state index in [9.17, 15) is 0 Å². The molecule has 20 heavy (non-hydrogen) atoms. The molecule has 2 aromatic rings. The number of halogens is 1. The van der Waals surface area contributed by atoms with E-state index >= 15 is 0 Å². The van der Waals surface area contributed by atoms with Crippen molar-refractivity contribution >= 4 is 41.3 Å². The van der Waals surface area contributed by atoms with Gasteiger partial charge in [0.25, 0.3) is 0 Å². The van der Waals surface area contributed by atoms with Crippen molar-refractivity contribution in [1.82, 2.24) is 0 Å². The molecule has 2 aromatic carbocycles. The van der Waals surface area contributed by atoms with E-state index in [1.165, 1.54) is 32.1 Å². The zero-order valence-electron chi connectivity index (χ0n) is 11.4. The molecule has 0 saturated carbocycles. The second-order valence-electron chi connectivity index (χ2n) is 4.79. The van der Waals surface area contributed by atoms with Gasteiger partial charge in [0.2, 0.25) is 0 Å². The maximum absolute atomic E-state index is 5.67. The highest BCUT2D eigenvalue weighted by Crippen LogP contribution is 2.45. The number of hydrogen-bond donors (Lipinski definition) is 1. The molecule has 3 rings (SSSR count). The van der Waals surface area contributed by atoms with Gasteiger partial charge >= 0.3 is 0 Å². The van der Waals surface area contributed by atoms with Crippen LogP contribution in [-0.4, -0.2) is 6.54 Å². The van der Waals surface area contributed by atoms with Crippen molar-refractivity contribution in [1.29, 1.82) is 0 Å². The van der Waals surface area contributed by atoms with Crippen LogP contribution in [0.2, 0.25) is 0 Å². The molecule has 0 amide bonds. The largest absolute Gasteiger partial charge is 0.330 e. The van der Waals surface area contributed by atoms with Gasteiger partial charge in [0, 0.05) is 9.79 Å². The lowest BCUT2D eigenvalue weighted by molar-refractivity contribution is 1.01. The molecule has 0 bridgehead atoms. The average Bonchev–Trinajstić information content (AvgIpc) is 2.44. The second kappa shape index (κ2) is 6.78. The van der Waals surface area contributed by atoms with Gasteiger partial charge in [-0.3, -0.25) is 0 Å².